The third kappa shape index (κ3) is 2.65. The molecule has 0 radical (unpaired) electrons. The van der Waals surface area contributed by atoms with Gasteiger partial charge in [-0.3, -0.25) is 4.79 Å². The maximum absolute atomic E-state index is 11.9. The molecule has 1 aliphatic rings. The molecular weight excluding hydrogens is 216 g/mol. The molecule has 1 saturated carbocycles. The smallest absolute Gasteiger partial charge is 0.244 e. The Hall–Kier alpha value is -1.39. The number of benzene rings is 1. The van der Waals surface area contributed by atoms with Crippen LogP contribution in [0.15, 0.2) is 24.3 Å². The first kappa shape index (κ1) is 12.1. The minimum atomic E-state index is -0.655. The summed E-state index contributed by atoms with van der Waals surface area (Å²) in [4.78, 5) is 11.9. The van der Waals surface area contributed by atoms with Crippen molar-refractivity contribution in [2.75, 3.05) is 12.4 Å². The van der Waals surface area contributed by atoms with Crippen LogP contribution in [0.4, 0.5) is 5.69 Å². The summed E-state index contributed by atoms with van der Waals surface area (Å²) in [5.41, 5.74) is 7.11. The number of hydrogen-bond acceptors (Lipinski definition) is 3. The Balaban J connectivity index is 2.02. The Labute approximate surface area is 101 Å². The number of carbonyl (C=O) groups excluding carboxylic acids is 1. The number of ether oxygens (including phenoxy) is 1. The molecule has 0 heterocycles. The van der Waals surface area contributed by atoms with E-state index in [1.807, 2.05) is 24.3 Å². The van der Waals surface area contributed by atoms with Crippen LogP contribution < -0.4 is 11.1 Å². The summed E-state index contributed by atoms with van der Waals surface area (Å²) in [7, 11) is 1.65. The van der Waals surface area contributed by atoms with Crippen molar-refractivity contribution in [2.45, 2.75) is 31.4 Å². The number of anilines is 1. The van der Waals surface area contributed by atoms with Crippen molar-refractivity contribution < 1.29 is 9.53 Å². The van der Waals surface area contributed by atoms with Crippen LogP contribution in [0, 0.1) is 0 Å². The largest absolute Gasteiger partial charge is 0.380 e. The fourth-order valence-electron chi connectivity index (χ4n) is 1.95. The first-order valence-electron chi connectivity index (χ1n) is 5.82. The molecule has 4 heteroatoms. The summed E-state index contributed by atoms with van der Waals surface area (Å²) in [5.74, 6) is -0.0849. The molecule has 17 heavy (non-hydrogen) atoms. The van der Waals surface area contributed by atoms with Gasteiger partial charge < -0.3 is 15.8 Å². The second-order valence-corrected chi connectivity index (χ2v) is 4.60. The molecule has 92 valence electrons. The highest BCUT2D eigenvalue weighted by atomic mass is 16.5. The van der Waals surface area contributed by atoms with E-state index < -0.39 is 5.54 Å². The minimum Gasteiger partial charge on any atom is -0.380 e. The second-order valence-electron chi connectivity index (χ2n) is 4.60. The van der Waals surface area contributed by atoms with E-state index in [-0.39, 0.29) is 5.91 Å². The van der Waals surface area contributed by atoms with Gasteiger partial charge in [0.05, 0.1) is 12.1 Å². The molecule has 0 aliphatic heterocycles. The zero-order valence-electron chi connectivity index (χ0n) is 10.0. The molecular formula is C13H18N2O2. The first-order chi connectivity index (χ1) is 8.14. The van der Waals surface area contributed by atoms with Crippen molar-refractivity contribution in [1.82, 2.24) is 0 Å². The Bertz CT molecular complexity index is 414. The van der Waals surface area contributed by atoms with E-state index in [2.05, 4.69) is 5.32 Å². The highest BCUT2D eigenvalue weighted by Crippen LogP contribution is 2.30. The highest BCUT2D eigenvalue weighted by molar-refractivity contribution is 5.98. The van der Waals surface area contributed by atoms with Crippen LogP contribution in [-0.2, 0) is 16.1 Å². The maximum atomic E-state index is 11.9. The molecule has 0 aromatic heterocycles. The van der Waals surface area contributed by atoms with E-state index in [0.717, 1.165) is 30.5 Å². The normalized spacial score (nSPS) is 17.3. The zero-order chi connectivity index (χ0) is 12.3. The number of hydrogen-bond donors (Lipinski definition) is 2. The van der Waals surface area contributed by atoms with Crippen LogP contribution in [0.3, 0.4) is 0 Å². The standard InChI is InChI=1S/C13H18N2O2/c1-17-9-10-4-2-5-11(8-10)15-12(16)13(14)6-3-7-13/h2,4-5,8H,3,6-7,9,14H2,1H3,(H,15,16). The van der Waals surface area contributed by atoms with Gasteiger partial charge in [0.15, 0.2) is 0 Å². The molecule has 3 N–H and O–H groups in total. The van der Waals surface area contributed by atoms with Crippen molar-refractivity contribution in [2.24, 2.45) is 5.73 Å². The lowest BCUT2D eigenvalue weighted by Gasteiger charge is -2.36. The predicted octanol–water partition coefficient (Wildman–Crippen LogP) is 1.65. The first-order valence-corrected chi connectivity index (χ1v) is 5.82. The molecule has 1 aliphatic carbocycles. The third-order valence-electron chi connectivity index (χ3n) is 3.19. The quantitative estimate of drug-likeness (QED) is 0.832. The number of nitrogens with two attached hydrogens (primary N) is 1. The topological polar surface area (TPSA) is 64.3 Å². The fraction of sp³-hybridized carbons (Fsp3) is 0.462. The number of methoxy groups -OCH3 is 1. The van der Waals surface area contributed by atoms with Gasteiger partial charge in [0, 0.05) is 12.8 Å². The molecule has 2 rings (SSSR count). The molecule has 1 fully saturated rings. The minimum absolute atomic E-state index is 0.0849. The summed E-state index contributed by atoms with van der Waals surface area (Å²) in [6.45, 7) is 0.539. The van der Waals surface area contributed by atoms with E-state index in [1.54, 1.807) is 7.11 Å². The van der Waals surface area contributed by atoms with Gasteiger partial charge in [0.25, 0.3) is 0 Å². The zero-order valence-corrected chi connectivity index (χ0v) is 10.0. The fourth-order valence-corrected chi connectivity index (χ4v) is 1.95. The Morgan fingerprint density at radius 3 is 2.88 bits per heavy atom. The average Bonchev–Trinajstić information content (AvgIpc) is 2.26. The Morgan fingerprint density at radius 1 is 1.53 bits per heavy atom. The van der Waals surface area contributed by atoms with Gasteiger partial charge >= 0.3 is 0 Å². The molecule has 0 spiro atoms. The molecule has 0 bridgehead atoms. The highest BCUT2D eigenvalue weighted by Gasteiger charge is 2.40. The summed E-state index contributed by atoms with van der Waals surface area (Å²) < 4.78 is 5.05. The molecule has 1 aromatic rings. The van der Waals surface area contributed by atoms with E-state index in [9.17, 15) is 4.79 Å². The van der Waals surface area contributed by atoms with Gasteiger partial charge in [0.2, 0.25) is 5.91 Å². The van der Waals surface area contributed by atoms with Gasteiger partial charge in [-0.1, -0.05) is 12.1 Å². The van der Waals surface area contributed by atoms with Crippen LogP contribution in [0.2, 0.25) is 0 Å². The monoisotopic (exact) mass is 234 g/mol. The number of amides is 1. The lowest BCUT2D eigenvalue weighted by atomic mass is 9.77. The molecule has 1 amide bonds. The van der Waals surface area contributed by atoms with Crippen molar-refractivity contribution in [3.63, 3.8) is 0 Å². The summed E-state index contributed by atoms with van der Waals surface area (Å²) in [6.07, 6.45) is 2.58. The van der Waals surface area contributed by atoms with Gasteiger partial charge in [0.1, 0.15) is 0 Å². The Kier molecular flexibility index (Phi) is 3.45. The van der Waals surface area contributed by atoms with Gasteiger partial charge in [-0.2, -0.15) is 0 Å². The predicted molar refractivity (Wildman–Crippen MR) is 66.6 cm³/mol. The molecule has 1 aromatic carbocycles. The van der Waals surface area contributed by atoms with Crippen LogP contribution >= 0.6 is 0 Å². The van der Waals surface area contributed by atoms with Gasteiger partial charge in [-0.05, 0) is 37.0 Å². The lowest BCUT2D eigenvalue weighted by Crippen LogP contribution is -2.56. The molecule has 0 atom stereocenters. The summed E-state index contributed by atoms with van der Waals surface area (Å²) in [6, 6.07) is 7.62. The lowest BCUT2D eigenvalue weighted by molar-refractivity contribution is -0.123. The van der Waals surface area contributed by atoms with Crippen LogP contribution in [0.1, 0.15) is 24.8 Å². The van der Waals surface area contributed by atoms with Gasteiger partial charge in [-0.25, -0.2) is 0 Å². The number of nitrogens with one attached hydrogen (secondary N) is 1. The Morgan fingerprint density at radius 2 is 2.29 bits per heavy atom. The van der Waals surface area contributed by atoms with E-state index >= 15 is 0 Å². The van der Waals surface area contributed by atoms with Crippen LogP contribution in [0.25, 0.3) is 0 Å². The molecule has 0 saturated heterocycles. The van der Waals surface area contributed by atoms with E-state index in [4.69, 9.17) is 10.5 Å². The molecule has 0 unspecified atom stereocenters. The van der Waals surface area contributed by atoms with Crippen molar-refractivity contribution >= 4 is 11.6 Å². The SMILES string of the molecule is COCc1cccc(NC(=O)C2(N)CCC2)c1. The molecule has 4 nitrogen and oxygen atoms in total. The summed E-state index contributed by atoms with van der Waals surface area (Å²) in [5, 5.41) is 2.86. The van der Waals surface area contributed by atoms with Crippen molar-refractivity contribution in [3.8, 4) is 0 Å². The average molecular weight is 234 g/mol. The third-order valence-corrected chi connectivity index (χ3v) is 3.19. The number of rotatable bonds is 4. The van der Waals surface area contributed by atoms with E-state index in [1.165, 1.54) is 0 Å². The van der Waals surface area contributed by atoms with Crippen molar-refractivity contribution in [3.05, 3.63) is 29.8 Å². The van der Waals surface area contributed by atoms with Crippen molar-refractivity contribution in [1.29, 1.82) is 0 Å². The number of carbonyl (C=O) groups is 1. The van der Waals surface area contributed by atoms with Crippen LogP contribution in [-0.4, -0.2) is 18.6 Å². The van der Waals surface area contributed by atoms with Crippen LogP contribution in [0.5, 0.6) is 0 Å². The second kappa shape index (κ2) is 4.85. The van der Waals surface area contributed by atoms with Gasteiger partial charge in [-0.15, -0.1) is 0 Å². The summed E-state index contributed by atoms with van der Waals surface area (Å²) >= 11 is 0. The van der Waals surface area contributed by atoms with E-state index in [0.29, 0.717) is 6.61 Å². The maximum Gasteiger partial charge on any atom is 0.244 e.